The fourth-order valence-corrected chi connectivity index (χ4v) is 4.82. The monoisotopic (exact) mass is 356 g/mol. The third kappa shape index (κ3) is 3.07. The van der Waals surface area contributed by atoms with Crippen molar-refractivity contribution in [3.8, 4) is 0 Å². The smallest absolute Gasteiger partial charge is 0.255 e. The molecule has 6 nitrogen and oxygen atoms in total. The summed E-state index contributed by atoms with van der Waals surface area (Å²) in [5.74, 6) is 0.708. The van der Waals surface area contributed by atoms with Gasteiger partial charge in [0.05, 0.1) is 11.3 Å². The first-order valence-corrected chi connectivity index (χ1v) is 9.83. The maximum atomic E-state index is 13.2. The minimum atomic E-state index is 0.122. The number of nitrogens with zero attached hydrogens (tertiary/aromatic N) is 2. The molecule has 6 heteroatoms. The van der Waals surface area contributed by atoms with Crippen LogP contribution in [0.4, 0.5) is 5.69 Å². The molecule has 0 spiro atoms. The van der Waals surface area contributed by atoms with Crippen molar-refractivity contribution in [1.82, 2.24) is 9.80 Å². The molecule has 26 heavy (non-hydrogen) atoms. The molecule has 2 atom stereocenters. The molecule has 4 rings (SSSR count). The van der Waals surface area contributed by atoms with Gasteiger partial charge in [-0.05, 0) is 43.2 Å². The second-order valence-corrected chi connectivity index (χ2v) is 7.65. The van der Waals surface area contributed by atoms with Gasteiger partial charge in [0.1, 0.15) is 0 Å². The molecule has 3 aliphatic heterocycles. The van der Waals surface area contributed by atoms with Gasteiger partial charge >= 0.3 is 0 Å². The third-order valence-electron chi connectivity index (χ3n) is 6.11. The standard InChI is InChI=1S/C20H28N4O2/c21-9-12-24-17-8-11-23(13-15(17)6-7-18(24)25)20(26)16-5-1-3-14-4-2-10-22-19(14)16/h1,3,5,15,17,22H,2,4,6-13,21H2/t15-,17+/m0/s1. The summed E-state index contributed by atoms with van der Waals surface area (Å²) in [6.07, 6.45) is 4.45. The zero-order valence-corrected chi connectivity index (χ0v) is 15.2. The van der Waals surface area contributed by atoms with E-state index in [2.05, 4.69) is 11.4 Å². The van der Waals surface area contributed by atoms with Crippen molar-refractivity contribution in [2.24, 2.45) is 11.7 Å². The highest BCUT2D eigenvalue weighted by molar-refractivity contribution is 6.00. The Bertz CT molecular complexity index is 705. The van der Waals surface area contributed by atoms with Crippen LogP contribution in [-0.2, 0) is 11.2 Å². The van der Waals surface area contributed by atoms with Gasteiger partial charge in [-0.2, -0.15) is 0 Å². The summed E-state index contributed by atoms with van der Waals surface area (Å²) in [4.78, 5) is 29.4. The molecule has 3 heterocycles. The number of benzene rings is 1. The lowest BCUT2D eigenvalue weighted by Crippen LogP contribution is -2.57. The molecule has 0 aliphatic carbocycles. The second-order valence-electron chi connectivity index (χ2n) is 7.65. The first-order valence-electron chi connectivity index (χ1n) is 9.83. The van der Waals surface area contributed by atoms with E-state index in [1.807, 2.05) is 21.9 Å². The van der Waals surface area contributed by atoms with E-state index >= 15 is 0 Å². The number of nitrogens with one attached hydrogen (secondary N) is 1. The summed E-state index contributed by atoms with van der Waals surface area (Å²) >= 11 is 0. The SMILES string of the molecule is NCCN1C(=O)CC[C@H]2CN(C(=O)c3cccc4c3NCCC4)CC[C@H]21. The molecule has 0 unspecified atom stereocenters. The molecule has 1 aromatic rings. The van der Waals surface area contributed by atoms with E-state index in [1.165, 1.54) is 5.56 Å². The average molecular weight is 356 g/mol. The van der Waals surface area contributed by atoms with E-state index in [4.69, 9.17) is 5.73 Å². The van der Waals surface area contributed by atoms with Crippen molar-refractivity contribution in [3.05, 3.63) is 29.3 Å². The molecule has 0 bridgehead atoms. The molecular formula is C20H28N4O2. The number of likely N-dealkylation sites (tertiary alicyclic amines) is 2. The number of hydrogen-bond acceptors (Lipinski definition) is 4. The van der Waals surface area contributed by atoms with Crippen LogP contribution in [0.2, 0.25) is 0 Å². The fourth-order valence-electron chi connectivity index (χ4n) is 4.82. The van der Waals surface area contributed by atoms with Crippen molar-refractivity contribution in [1.29, 1.82) is 0 Å². The van der Waals surface area contributed by atoms with Gasteiger partial charge in [-0.3, -0.25) is 9.59 Å². The number of aryl methyl sites for hydroxylation is 1. The highest BCUT2D eigenvalue weighted by Gasteiger charge is 2.40. The number of amides is 2. The summed E-state index contributed by atoms with van der Waals surface area (Å²) in [5, 5.41) is 3.42. The number of rotatable bonds is 3. The van der Waals surface area contributed by atoms with Crippen molar-refractivity contribution >= 4 is 17.5 Å². The van der Waals surface area contributed by atoms with Crippen LogP contribution >= 0.6 is 0 Å². The van der Waals surface area contributed by atoms with Gasteiger partial charge < -0.3 is 20.9 Å². The van der Waals surface area contributed by atoms with E-state index in [-0.39, 0.29) is 17.9 Å². The summed E-state index contributed by atoms with van der Waals surface area (Å²) in [5.41, 5.74) is 8.76. The number of hydrogen-bond donors (Lipinski definition) is 2. The largest absolute Gasteiger partial charge is 0.384 e. The van der Waals surface area contributed by atoms with Crippen LogP contribution in [0.25, 0.3) is 0 Å². The predicted molar refractivity (Wildman–Crippen MR) is 101 cm³/mol. The molecule has 2 amide bonds. The molecular weight excluding hydrogens is 328 g/mol. The second kappa shape index (κ2) is 7.27. The van der Waals surface area contributed by atoms with E-state index in [9.17, 15) is 9.59 Å². The molecule has 0 aromatic heterocycles. The van der Waals surface area contributed by atoms with Gasteiger partial charge in [0.25, 0.3) is 5.91 Å². The van der Waals surface area contributed by atoms with E-state index in [0.717, 1.165) is 50.0 Å². The van der Waals surface area contributed by atoms with E-state index in [1.54, 1.807) is 0 Å². The highest BCUT2D eigenvalue weighted by Crippen LogP contribution is 2.33. The number of anilines is 1. The lowest BCUT2D eigenvalue weighted by molar-refractivity contribution is -0.140. The van der Waals surface area contributed by atoms with Gasteiger partial charge in [-0.25, -0.2) is 0 Å². The molecule has 3 aliphatic rings. The number of piperidine rings is 2. The number of carbonyl (C=O) groups is 2. The quantitative estimate of drug-likeness (QED) is 0.859. The van der Waals surface area contributed by atoms with Crippen molar-refractivity contribution in [3.63, 3.8) is 0 Å². The fraction of sp³-hybridized carbons (Fsp3) is 0.600. The number of carbonyl (C=O) groups excluding carboxylic acids is 2. The Morgan fingerprint density at radius 1 is 1.27 bits per heavy atom. The minimum Gasteiger partial charge on any atom is -0.384 e. The van der Waals surface area contributed by atoms with Crippen molar-refractivity contribution < 1.29 is 9.59 Å². The van der Waals surface area contributed by atoms with E-state index in [0.29, 0.717) is 32.0 Å². The van der Waals surface area contributed by atoms with Crippen LogP contribution in [0.3, 0.4) is 0 Å². The van der Waals surface area contributed by atoms with Crippen LogP contribution < -0.4 is 11.1 Å². The number of nitrogens with two attached hydrogens (primary N) is 1. The van der Waals surface area contributed by atoms with Crippen molar-refractivity contribution in [2.75, 3.05) is 38.0 Å². The van der Waals surface area contributed by atoms with Crippen LogP contribution in [-0.4, -0.2) is 60.4 Å². The lowest BCUT2D eigenvalue weighted by Gasteiger charge is -2.47. The zero-order valence-electron chi connectivity index (χ0n) is 15.2. The van der Waals surface area contributed by atoms with Crippen LogP contribution in [0.15, 0.2) is 18.2 Å². The Kier molecular flexibility index (Phi) is 4.85. The number of fused-ring (bicyclic) bond motifs is 2. The van der Waals surface area contributed by atoms with Gasteiger partial charge in [-0.1, -0.05) is 12.1 Å². The Morgan fingerprint density at radius 2 is 2.15 bits per heavy atom. The topological polar surface area (TPSA) is 78.7 Å². The molecule has 1 aromatic carbocycles. The maximum Gasteiger partial charge on any atom is 0.255 e. The first-order chi connectivity index (χ1) is 12.7. The van der Waals surface area contributed by atoms with Gasteiger partial charge in [0.15, 0.2) is 0 Å². The highest BCUT2D eigenvalue weighted by atomic mass is 16.2. The first kappa shape index (κ1) is 17.3. The molecule has 0 saturated carbocycles. The van der Waals surface area contributed by atoms with E-state index < -0.39 is 0 Å². The molecule has 2 saturated heterocycles. The zero-order chi connectivity index (χ0) is 18.1. The normalized spacial score (nSPS) is 25.3. The van der Waals surface area contributed by atoms with Crippen molar-refractivity contribution in [2.45, 2.75) is 38.1 Å². The van der Waals surface area contributed by atoms with Gasteiger partial charge in [0, 0.05) is 45.2 Å². The predicted octanol–water partition coefficient (Wildman–Crippen LogP) is 1.46. The molecule has 140 valence electrons. The summed E-state index contributed by atoms with van der Waals surface area (Å²) in [6, 6.07) is 6.29. The maximum absolute atomic E-state index is 13.2. The van der Waals surface area contributed by atoms with Gasteiger partial charge in [0.2, 0.25) is 5.91 Å². The Labute approximate surface area is 154 Å². The molecule has 2 fully saturated rings. The average Bonchev–Trinajstić information content (AvgIpc) is 2.69. The summed E-state index contributed by atoms with van der Waals surface area (Å²) in [7, 11) is 0. The summed E-state index contributed by atoms with van der Waals surface area (Å²) < 4.78 is 0. The molecule has 3 N–H and O–H groups in total. The summed E-state index contributed by atoms with van der Waals surface area (Å²) in [6.45, 7) is 3.50. The molecule has 0 radical (unpaired) electrons. The van der Waals surface area contributed by atoms with Crippen LogP contribution in [0.5, 0.6) is 0 Å². The van der Waals surface area contributed by atoms with Crippen LogP contribution in [0, 0.1) is 5.92 Å². The Morgan fingerprint density at radius 3 is 3.00 bits per heavy atom. The van der Waals surface area contributed by atoms with Crippen LogP contribution in [0.1, 0.15) is 41.6 Å². The van der Waals surface area contributed by atoms with Gasteiger partial charge in [-0.15, -0.1) is 0 Å². The Hall–Kier alpha value is -2.08. The minimum absolute atomic E-state index is 0.122. The number of para-hydroxylation sites is 1. The Balaban J connectivity index is 1.51. The lowest BCUT2D eigenvalue weighted by atomic mass is 9.83. The third-order valence-corrected chi connectivity index (χ3v) is 6.11.